The molecule has 1 aliphatic rings. The third-order valence-corrected chi connectivity index (χ3v) is 4.40. The zero-order chi connectivity index (χ0) is 16.2. The second kappa shape index (κ2) is 4.70. The van der Waals surface area contributed by atoms with Crippen LogP contribution in [0.4, 0.5) is 10.1 Å². The first-order chi connectivity index (χ1) is 11.0. The highest BCUT2D eigenvalue weighted by atomic mass is 35.5. The number of phenols is 1. The van der Waals surface area contributed by atoms with Crippen LogP contribution in [0.15, 0.2) is 54.6 Å². The van der Waals surface area contributed by atoms with Gasteiger partial charge < -0.3 is 10.4 Å². The molecule has 4 rings (SSSR count). The van der Waals surface area contributed by atoms with Gasteiger partial charge in [-0.05, 0) is 35.0 Å². The van der Waals surface area contributed by atoms with Gasteiger partial charge in [0.25, 0.3) is 5.91 Å². The number of fused-ring (bicyclic) bond motifs is 3. The Morgan fingerprint density at radius 1 is 1.09 bits per heavy atom. The minimum Gasteiger partial charge on any atom is -0.508 e. The zero-order valence-electron chi connectivity index (χ0n) is 11.8. The number of hydrogen-bond donors (Lipinski definition) is 2. The third kappa shape index (κ3) is 1.85. The second-order valence-electron chi connectivity index (χ2n) is 5.48. The van der Waals surface area contributed by atoms with Crippen molar-refractivity contribution >= 4 is 34.0 Å². The van der Waals surface area contributed by atoms with E-state index in [-0.39, 0.29) is 21.9 Å². The Balaban J connectivity index is 2.11. The molecular weight excluding hydrogens is 317 g/mol. The van der Waals surface area contributed by atoms with E-state index in [2.05, 4.69) is 5.32 Å². The maximum Gasteiger partial charge on any atom is 0.271 e. The number of rotatable bonds is 1. The average Bonchev–Trinajstić information content (AvgIpc) is 2.82. The summed E-state index contributed by atoms with van der Waals surface area (Å²) >= 11 is 5.94. The molecule has 0 radical (unpaired) electrons. The van der Waals surface area contributed by atoms with Gasteiger partial charge >= 0.3 is 0 Å². The number of phenolic OH excluding ortho intramolecular Hbond substituents is 1. The molecule has 0 spiro atoms. The monoisotopic (exact) mass is 327 g/mol. The van der Waals surface area contributed by atoms with E-state index in [1.807, 2.05) is 18.2 Å². The molecule has 0 fully saturated rings. The summed E-state index contributed by atoms with van der Waals surface area (Å²) in [6.07, 6.45) is 0. The molecular formula is C18H11ClFNO2. The molecule has 0 aliphatic carbocycles. The van der Waals surface area contributed by atoms with E-state index in [1.165, 1.54) is 18.2 Å². The van der Waals surface area contributed by atoms with Crippen LogP contribution in [0.1, 0.15) is 11.1 Å². The summed E-state index contributed by atoms with van der Waals surface area (Å²) in [6.45, 7) is 0. The lowest BCUT2D eigenvalue weighted by Crippen LogP contribution is -2.31. The minimum atomic E-state index is -2.49. The molecule has 0 saturated heterocycles. The van der Waals surface area contributed by atoms with Gasteiger partial charge in [-0.15, -0.1) is 0 Å². The number of nitrogens with one attached hydrogen (secondary N) is 1. The van der Waals surface area contributed by atoms with Crippen molar-refractivity contribution in [3.8, 4) is 5.75 Å². The van der Waals surface area contributed by atoms with Crippen LogP contribution in [0.2, 0.25) is 5.02 Å². The van der Waals surface area contributed by atoms with Crippen molar-refractivity contribution in [3.63, 3.8) is 0 Å². The number of alkyl halides is 1. The van der Waals surface area contributed by atoms with Gasteiger partial charge in [0, 0.05) is 21.8 Å². The van der Waals surface area contributed by atoms with Crippen molar-refractivity contribution in [2.75, 3.05) is 5.32 Å². The van der Waals surface area contributed by atoms with Crippen LogP contribution in [0.25, 0.3) is 10.8 Å². The summed E-state index contributed by atoms with van der Waals surface area (Å²) in [4.78, 5) is 12.4. The summed E-state index contributed by atoms with van der Waals surface area (Å²) in [5.41, 5.74) is -2.04. The molecule has 114 valence electrons. The maximum absolute atomic E-state index is 16.0. The van der Waals surface area contributed by atoms with E-state index >= 15 is 4.39 Å². The number of amides is 1. The van der Waals surface area contributed by atoms with Crippen molar-refractivity contribution in [3.05, 3.63) is 70.7 Å². The van der Waals surface area contributed by atoms with Crippen LogP contribution in [-0.2, 0) is 10.5 Å². The van der Waals surface area contributed by atoms with Crippen molar-refractivity contribution in [1.82, 2.24) is 0 Å². The van der Waals surface area contributed by atoms with Gasteiger partial charge in [-0.2, -0.15) is 0 Å². The van der Waals surface area contributed by atoms with Gasteiger partial charge in [-0.25, -0.2) is 4.39 Å². The highest BCUT2D eigenvalue weighted by molar-refractivity contribution is 6.30. The quantitative estimate of drug-likeness (QED) is 0.697. The lowest BCUT2D eigenvalue weighted by molar-refractivity contribution is -0.124. The number of carbonyl (C=O) groups is 1. The van der Waals surface area contributed by atoms with Crippen LogP contribution in [0.3, 0.4) is 0 Å². The van der Waals surface area contributed by atoms with Gasteiger partial charge in [-0.3, -0.25) is 4.79 Å². The Kier molecular flexibility index (Phi) is 2.87. The highest BCUT2D eigenvalue weighted by Gasteiger charge is 2.51. The fraction of sp³-hybridized carbons (Fsp3) is 0.0556. The highest BCUT2D eigenvalue weighted by Crippen LogP contribution is 2.50. The average molecular weight is 328 g/mol. The Hall–Kier alpha value is -2.59. The van der Waals surface area contributed by atoms with Crippen LogP contribution in [-0.4, -0.2) is 11.0 Å². The molecule has 0 bridgehead atoms. The molecule has 2 N–H and O–H groups in total. The number of anilines is 1. The van der Waals surface area contributed by atoms with Gasteiger partial charge in [0.1, 0.15) is 5.75 Å². The smallest absolute Gasteiger partial charge is 0.271 e. The van der Waals surface area contributed by atoms with Crippen LogP contribution < -0.4 is 5.32 Å². The molecule has 5 heteroatoms. The summed E-state index contributed by atoms with van der Waals surface area (Å²) in [5.74, 6) is -1.14. The number of aromatic hydroxyl groups is 1. The Labute approximate surface area is 136 Å². The van der Waals surface area contributed by atoms with Gasteiger partial charge in [0.2, 0.25) is 5.67 Å². The first-order valence-electron chi connectivity index (χ1n) is 7.03. The van der Waals surface area contributed by atoms with Crippen molar-refractivity contribution in [2.24, 2.45) is 0 Å². The van der Waals surface area contributed by atoms with Crippen LogP contribution >= 0.6 is 11.6 Å². The van der Waals surface area contributed by atoms with Crippen LogP contribution in [0.5, 0.6) is 5.75 Å². The molecule has 0 saturated carbocycles. The molecule has 23 heavy (non-hydrogen) atoms. The SMILES string of the molecule is O=C1Nc2ccc3ccccc3c2C1(F)c1cc(Cl)ccc1O. The molecule has 3 nitrogen and oxygen atoms in total. The van der Waals surface area contributed by atoms with Gasteiger partial charge in [0.15, 0.2) is 0 Å². The standard InChI is InChI=1S/C18H11ClFNO2/c19-11-6-8-15(22)13(9-11)18(20)16-12-4-2-1-3-10(12)5-7-14(16)21-17(18)23/h1-9,22H,(H,21,23). The summed E-state index contributed by atoms with van der Waals surface area (Å²) < 4.78 is 16.0. The first kappa shape index (κ1) is 14.0. The lowest BCUT2D eigenvalue weighted by atomic mass is 9.85. The van der Waals surface area contributed by atoms with Crippen molar-refractivity contribution in [1.29, 1.82) is 0 Å². The molecule has 3 aromatic rings. The fourth-order valence-corrected chi connectivity index (χ4v) is 3.28. The molecule has 1 amide bonds. The van der Waals surface area contributed by atoms with Crippen LogP contribution in [0, 0.1) is 0 Å². The number of halogens is 2. The van der Waals surface area contributed by atoms with E-state index < -0.39 is 11.6 Å². The Bertz CT molecular complexity index is 972. The molecule has 3 aromatic carbocycles. The van der Waals surface area contributed by atoms with Gasteiger partial charge in [0.05, 0.1) is 0 Å². The molecule has 1 unspecified atom stereocenters. The van der Waals surface area contributed by atoms with E-state index in [0.29, 0.717) is 11.1 Å². The molecule has 1 aliphatic heterocycles. The molecule has 0 aromatic heterocycles. The summed E-state index contributed by atoms with van der Waals surface area (Å²) in [6, 6.07) is 14.7. The summed E-state index contributed by atoms with van der Waals surface area (Å²) in [5, 5.41) is 14.3. The third-order valence-electron chi connectivity index (χ3n) is 4.16. The fourth-order valence-electron chi connectivity index (χ4n) is 3.11. The second-order valence-corrected chi connectivity index (χ2v) is 5.92. The minimum absolute atomic E-state index is 0.155. The summed E-state index contributed by atoms with van der Waals surface area (Å²) in [7, 11) is 0. The first-order valence-corrected chi connectivity index (χ1v) is 7.41. The predicted molar refractivity (Wildman–Crippen MR) is 87.6 cm³/mol. The Morgan fingerprint density at radius 2 is 1.87 bits per heavy atom. The maximum atomic E-state index is 16.0. The lowest BCUT2D eigenvalue weighted by Gasteiger charge is -2.21. The number of benzene rings is 3. The molecule has 1 heterocycles. The van der Waals surface area contributed by atoms with E-state index in [4.69, 9.17) is 11.6 Å². The van der Waals surface area contributed by atoms with E-state index in [9.17, 15) is 9.90 Å². The largest absolute Gasteiger partial charge is 0.508 e. The zero-order valence-corrected chi connectivity index (χ0v) is 12.6. The van der Waals surface area contributed by atoms with Crippen molar-refractivity contribution in [2.45, 2.75) is 5.67 Å². The number of hydrogen-bond acceptors (Lipinski definition) is 2. The normalized spacial score (nSPS) is 19.7. The van der Waals surface area contributed by atoms with E-state index in [0.717, 1.165) is 5.39 Å². The number of carbonyl (C=O) groups excluding carboxylic acids is 1. The Morgan fingerprint density at radius 3 is 2.70 bits per heavy atom. The predicted octanol–water partition coefficient (Wildman–Crippen LogP) is 4.36. The van der Waals surface area contributed by atoms with E-state index in [1.54, 1.807) is 18.2 Å². The van der Waals surface area contributed by atoms with Crippen molar-refractivity contribution < 1.29 is 14.3 Å². The molecule has 1 atom stereocenters. The topological polar surface area (TPSA) is 49.3 Å². The van der Waals surface area contributed by atoms with Gasteiger partial charge in [-0.1, -0.05) is 41.9 Å².